The number of halogens is 1. The number of unbranched alkanes of at least 4 members (excludes halogenated alkanes) is 6. The molecule has 0 amide bonds. The van der Waals surface area contributed by atoms with Crippen LogP contribution in [0.5, 0.6) is 17.2 Å². The monoisotopic (exact) mass is 551 g/mol. The highest BCUT2D eigenvalue weighted by molar-refractivity contribution is 5.91. The maximum Gasteiger partial charge on any atom is 0.338 e. The van der Waals surface area contributed by atoms with Crippen molar-refractivity contribution in [1.82, 2.24) is 0 Å². The van der Waals surface area contributed by atoms with Gasteiger partial charge in [0.2, 0.25) is 5.75 Å². The highest BCUT2D eigenvalue weighted by atomic mass is 127. The van der Waals surface area contributed by atoms with Crippen LogP contribution in [0.15, 0.2) is 12.1 Å². The lowest BCUT2D eigenvalue weighted by Crippen LogP contribution is -3.00. The first-order valence-electron chi connectivity index (χ1n) is 11.2. The van der Waals surface area contributed by atoms with Gasteiger partial charge in [-0.15, -0.1) is 0 Å². The number of ether oxygens (including phenoxy) is 4. The topological polar surface area (TPSA) is 54.0 Å². The zero-order chi connectivity index (χ0) is 22.4. The van der Waals surface area contributed by atoms with E-state index in [1.807, 2.05) is 0 Å². The summed E-state index contributed by atoms with van der Waals surface area (Å²) in [5.74, 6) is 1.13. The summed E-state index contributed by atoms with van der Waals surface area (Å²) in [6.07, 6.45) is 9.01. The van der Waals surface area contributed by atoms with Crippen LogP contribution in [0.3, 0.4) is 0 Å². The minimum Gasteiger partial charge on any atom is -1.00 e. The lowest BCUT2D eigenvalue weighted by atomic mass is 10.1. The fourth-order valence-electron chi connectivity index (χ4n) is 3.13. The molecule has 0 aliphatic rings. The van der Waals surface area contributed by atoms with Gasteiger partial charge in [-0.3, -0.25) is 0 Å². The third-order valence-corrected chi connectivity index (χ3v) is 4.90. The van der Waals surface area contributed by atoms with Crippen LogP contribution in [0.2, 0.25) is 0 Å². The highest BCUT2D eigenvalue weighted by Crippen LogP contribution is 2.39. The molecule has 6 nitrogen and oxygen atoms in total. The Labute approximate surface area is 206 Å². The minimum absolute atomic E-state index is 0. The largest absolute Gasteiger partial charge is 1.00 e. The molecule has 0 bridgehead atoms. The summed E-state index contributed by atoms with van der Waals surface area (Å²) in [7, 11) is 9.58. The number of carbonyl (C=O) groups excluding carboxylic acids is 1. The van der Waals surface area contributed by atoms with Gasteiger partial charge < -0.3 is 47.4 Å². The average molecular weight is 552 g/mol. The van der Waals surface area contributed by atoms with E-state index in [-0.39, 0.29) is 29.9 Å². The highest BCUT2D eigenvalue weighted by Gasteiger charge is 2.18. The van der Waals surface area contributed by atoms with Gasteiger partial charge in [0, 0.05) is 0 Å². The van der Waals surface area contributed by atoms with Crippen LogP contribution >= 0.6 is 0 Å². The van der Waals surface area contributed by atoms with Gasteiger partial charge in [0.15, 0.2) is 11.5 Å². The molecule has 0 fully saturated rings. The molecule has 0 unspecified atom stereocenters. The maximum atomic E-state index is 12.5. The number of benzene rings is 1. The number of rotatable bonds is 16. The summed E-state index contributed by atoms with van der Waals surface area (Å²) in [5.41, 5.74) is 0.405. The zero-order valence-corrected chi connectivity index (χ0v) is 22.5. The third kappa shape index (κ3) is 12.4. The fraction of sp³-hybridized carbons (Fsp3) is 0.708. The molecule has 1 aromatic rings. The Morgan fingerprint density at radius 3 is 1.94 bits per heavy atom. The first kappa shape index (κ1) is 29.8. The number of nitrogens with zero attached hydrogens (tertiary/aromatic N) is 1. The smallest absolute Gasteiger partial charge is 0.338 e. The van der Waals surface area contributed by atoms with Crippen molar-refractivity contribution < 1.29 is 52.2 Å². The normalized spacial score (nSPS) is 10.9. The van der Waals surface area contributed by atoms with Gasteiger partial charge in [0.25, 0.3) is 0 Å². The van der Waals surface area contributed by atoms with Crippen LogP contribution in [0, 0.1) is 0 Å². The van der Waals surface area contributed by atoms with Crippen molar-refractivity contribution in [1.29, 1.82) is 0 Å². The van der Waals surface area contributed by atoms with Crippen LogP contribution in [0.1, 0.15) is 68.6 Å². The van der Waals surface area contributed by atoms with E-state index in [2.05, 4.69) is 28.1 Å². The standard InChI is InChI=1S/C24H42NO5.HI/c1-7-8-9-10-11-13-16-29-23-21(27-5)18-20(19-22(23)28-6)24(26)30-17-14-12-15-25(2,3)4;/h18-19H,7-17H2,1-6H3;1H/q+1;/p-1. The van der Waals surface area contributed by atoms with Crippen molar-refractivity contribution in [2.75, 3.05) is 55.1 Å². The molecule has 0 spiro atoms. The average Bonchev–Trinajstić information content (AvgIpc) is 2.71. The molecule has 7 heteroatoms. The van der Waals surface area contributed by atoms with Gasteiger partial charge in [-0.05, 0) is 31.4 Å². The molecular weight excluding hydrogens is 509 g/mol. The Hall–Kier alpha value is -1.22. The van der Waals surface area contributed by atoms with E-state index in [0.29, 0.717) is 36.0 Å². The Kier molecular flexibility index (Phi) is 15.8. The van der Waals surface area contributed by atoms with E-state index in [0.717, 1.165) is 36.7 Å². The Morgan fingerprint density at radius 2 is 1.39 bits per heavy atom. The molecule has 0 aliphatic carbocycles. The molecule has 0 heterocycles. The molecule has 0 saturated heterocycles. The van der Waals surface area contributed by atoms with Gasteiger partial charge in [0.05, 0.1) is 60.7 Å². The first-order chi connectivity index (χ1) is 14.3. The van der Waals surface area contributed by atoms with E-state index in [1.165, 1.54) is 25.7 Å². The third-order valence-electron chi connectivity index (χ3n) is 4.90. The van der Waals surface area contributed by atoms with Crippen molar-refractivity contribution in [2.24, 2.45) is 0 Å². The van der Waals surface area contributed by atoms with Gasteiger partial charge in [0.1, 0.15) is 0 Å². The second-order valence-electron chi connectivity index (χ2n) is 8.68. The molecule has 0 radical (unpaired) electrons. The van der Waals surface area contributed by atoms with Gasteiger partial charge in [-0.1, -0.05) is 39.0 Å². The van der Waals surface area contributed by atoms with Gasteiger partial charge in [-0.2, -0.15) is 0 Å². The molecule has 180 valence electrons. The van der Waals surface area contributed by atoms with Crippen LogP contribution < -0.4 is 38.2 Å². The van der Waals surface area contributed by atoms with Gasteiger partial charge in [-0.25, -0.2) is 4.79 Å². The van der Waals surface area contributed by atoms with Crippen molar-refractivity contribution in [3.8, 4) is 17.2 Å². The number of hydrogen-bond donors (Lipinski definition) is 0. The van der Waals surface area contributed by atoms with E-state index in [9.17, 15) is 4.79 Å². The molecule has 0 atom stereocenters. The first-order valence-corrected chi connectivity index (χ1v) is 11.2. The minimum atomic E-state index is -0.376. The lowest BCUT2D eigenvalue weighted by molar-refractivity contribution is -0.870. The summed E-state index contributed by atoms with van der Waals surface area (Å²) in [6.45, 7) is 4.26. The predicted molar refractivity (Wildman–Crippen MR) is 121 cm³/mol. The van der Waals surface area contributed by atoms with Crippen LogP contribution in [-0.2, 0) is 4.74 Å². The molecule has 0 saturated carbocycles. The molecule has 0 aromatic heterocycles. The Bertz CT molecular complexity index is 606. The summed E-state index contributed by atoms with van der Waals surface area (Å²) in [6, 6.07) is 3.32. The number of methoxy groups -OCH3 is 2. The molecular formula is C24H42INO5. The van der Waals surface area contributed by atoms with Crippen LogP contribution in [0.4, 0.5) is 0 Å². The molecule has 31 heavy (non-hydrogen) atoms. The summed E-state index contributed by atoms with van der Waals surface area (Å²) >= 11 is 0. The summed E-state index contributed by atoms with van der Waals surface area (Å²) in [4.78, 5) is 12.5. The fourth-order valence-corrected chi connectivity index (χ4v) is 3.13. The number of carbonyl (C=O) groups is 1. The predicted octanol–water partition coefficient (Wildman–Crippen LogP) is 2.09. The lowest BCUT2D eigenvalue weighted by Gasteiger charge is -2.23. The second-order valence-corrected chi connectivity index (χ2v) is 8.68. The molecule has 0 aliphatic heterocycles. The number of hydrogen-bond acceptors (Lipinski definition) is 5. The quantitative estimate of drug-likeness (QED) is 0.136. The van der Waals surface area contributed by atoms with Crippen molar-refractivity contribution in [3.05, 3.63) is 17.7 Å². The second kappa shape index (κ2) is 16.4. The van der Waals surface area contributed by atoms with E-state index < -0.39 is 0 Å². The Morgan fingerprint density at radius 1 is 0.839 bits per heavy atom. The zero-order valence-electron chi connectivity index (χ0n) is 20.3. The van der Waals surface area contributed by atoms with Crippen molar-refractivity contribution in [2.45, 2.75) is 58.3 Å². The number of esters is 1. The van der Waals surface area contributed by atoms with E-state index >= 15 is 0 Å². The van der Waals surface area contributed by atoms with Crippen LogP contribution in [0.25, 0.3) is 0 Å². The SMILES string of the molecule is CCCCCCCCOc1c(OC)cc(C(=O)OCCCC[N+](C)(C)C)cc1OC.[I-]. The number of quaternary nitrogens is 1. The van der Waals surface area contributed by atoms with Crippen LogP contribution in [-0.4, -0.2) is 65.6 Å². The Balaban J connectivity index is 0.00000900. The summed E-state index contributed by atoms with van der Waals surface area (Å²) in [5, 5.41) is 0. The maximum absolute atomic E-state index is 12.5. The van der Waals surface area contributed by atoms with Gasteiger partial charge >= 0.3 is 5.97 Å². The van der Waals surface area contributed by atoms with E-state index in [1.54, 1.807) is 26.4 Å². The molecule has 1 aromatic carbocycles. The molecule has 1 rings (SSSR count). The van der Waals surface area contributed by atoms with Crippen molar-refractivity contribution in [3.63, 3.8) is 0 Å². The summed E-state index contributed by atoms with van der Waals surface area (Å²) < 4.78 is 23.2. The molecule has 0 N–H and O–H groups in total. The van der Waals surface area contributed by atoms with Crippen molar-refractivity contribution >= 4 is 5.97 Å². The van der Waals surface area contributed by atoms with E-state index in [4.69, 9.17) is 18.9 Å².